The van der Waals surface area contributed by atoms with Gasteiger partial charge in [-0.05, 0) is 36.4 Å². The normalized spacial score (nSPS) is 15.4. The number of nitrogens with one attached hydrogen (secondary N) is 1. The summed E-state index contributed by atoms with van der Waals surface area (Å²) in [6.07, 6.45) is -1.63. The van der Waals surface area contributed by atoms with Crippen molar-refractivity contribution in [3.63, 3.8) is 0 Å². The smallest absolute Gasteiger partial charge is 0.417 e. The van der Waals surface area contributed by atoms with Gasteiger partial charge in [-0.3, -0.25) is 10.00 Å². The van der Waals surface area contributed by atoms with Crippen LogP contribution in [0.5, 0.6) is 5.75 Å². The van der Waals surface area contributed by atoms with E-state index in [1.807, 2.05) is 35.4 Å². The zero-order valence-corrected chi connectivity index (χ0v) is 16.5. The Kier molecular flexibility index (Phi) is 5.63. The molecule has 3 aromatic rings. The fourth-order valence-electron chi connectivity index (χ4n) is 3.56. The molecule has 4 rings (SSSR count). The molecule has 6 nitrogen and oxygen atoms in total. The van der Waals surface area contributed by atoms with Crippen LogP contribution in [-0.4, -0.2) is 53.4 Å². The molecule has 1 saturated heterocycles. The highest BCUT2D eigenvalue weighted by atomic mass is 19.4. The summed E-state index contributed by atoms with van der Waals surface area (Å²) in [5.74, 6) is 1.37. The molecule has 3 heterocycles. The summed E-state index contributed by atoms with van der Waals surface area (Å²) in [6.45, 7) is 3.72. The maximum atomic E-state index is 12.7. The number of halogens is 3. The molecule has 0 atom stereocenters. The largest absolute Gasteiger partial charge is 0.497 e. The van der Waals surface area contributed by atoms with Crippen LogP contribution in [0.15, 0.2) is 48.8 Å². The van der Waals surface area contributed by atoms with Crippen LogP contribution in [0, 0.1) is 0 Å². The fourth-order valence-corrected chi connectivity index (χ4v) is 3.56. The zero-order chi connectivity index (χ0) is 21.1. The highest BCUT2D eigenvalue weighted by Gasteiger charge is 2.31. The van der Waals surface area contributed by atoms with Crippen molar-refractivity contribution in [2.75, 3.05) is 38.2 Å². The quantitative estimate of drug-likeness (QED) is 0.684. The first-order chi connectivity index (χ1) is 14.4. The molecule has 0 saturated carbocycles. The lowest BCUT2D eigenvalue weighted by Crippen LogP contribution is -2.46. The second kappa shape index (κ2) is 8.35. The van der Waals surface area contributed by atoms with Crippen molar-refractivity contribution in [2.24, 2.45) is 0 Å². The van der Waals surface area contributed by atoms with E-state index in [0.29, 0.717) is 18.9 Å². The standard InChI is InChI=1S/C21H22F3N5O/c1-30-18-5-2-15(3-6-18)20-16(12-26-27-20)14-28-8-10-29(11-9-28)19-7-4-17(13-25-19)21(22,23)24/h2-7,12-13H,8-11,14H2,1H3,(H,26,27). The minimum absolute atomic E-state index is 0.574. The van der Waals surface area contributed by atoms with Crippen molar-refractivity contribution in [3.05, 3.63) is 59.9 Å². The van der Waals surface area contributed by atoms with Crippen molar-refractivity contribution < 1.29 is 17.9 Å². The molecule has 0 aliphatic carbocycles. The van der Waals surface area contributed by atoms with Gasteiger partial charge < -0.3 is 9.64 Å². The second-order valence-electron chi connectivity index (χ2n) is 7.16. The molecular formula is C21H22F3N5O. The summed E-state index contributed by atoms with van der Waals surface area (Å²) < 4.78 is 43.3. The van der Waals surface area contributed by atoms with Gasteiger partial charge in [0, 0.05) is 50.0 Å². The molecule has 30 heavy (non-hydrogen) atoms. The van der Waals surface area contributed by atoms with Crippen LogP contribution < -0.4 is 9.64 Å². The molecule has 0 unspecified atom stereocenters. The summed E-state index contributed by atoms with van der Waals surface area (Å²) in [5.41, 5.74) is 2.39. The molecule has 2 aromatic heterocycles. The zero-order valence-electron chi connectivity index (χ0n) is 16.5. The van der Waals surface area contributed by atoms with E-state index >= 15 is 0 Å². The molecule has 1 aliphatic rings. The van der Waals surface area contributed by atoms with Gasteiger partial charge >= 0.3 is 6.18 Å². The van der Waals surface area contributed by atoms with E-state index in [1.165, 1.54) is 6.07 Å². The van der Waals surface area contributed by atoms with Crippen LogP contribution in [0.2, 0.25) is 0 Å². The van der Waals surface area contributed by atoms with E-state index in [-0.39, 0.29) is 0 Å². The number of aromatic amines is 1. The Hall–Kier alpha value is -3.07. The van der Waals surface area contributed by atoms with E-state index in [9.17, 15) is 13.2 Å². The second-order valence-corrected chi connectivity index (χ2v) is 7.16. The highest BCUT2D eigenvalue weighted by Crippen LogP contribution is 2.30. The molecule has 1 N–H and O–H groups in total. The third-order valence-electron chi connectivity index (χ3n) is 5.26. The summed E-state index contributed by atoms with van der Waals surface area (Å²) in [6, 6.07) is 10.3. The Bertz CT molecular complexity index is 962. The Balaban J connectivity index is 1.37. The van der Waals surface area contributed by atoms with Crippen molar-refractivity contribution in [1.29, 1.82) is 0 Å². The Morgan fingerprint density at radius 1 is 1.00 bits per heavy atom. The van der Waals surface area contributed by atoms with E-state index < -0.39 is 11.7 Å². The first-order valence-corrected chi connectivity index (χ1v) is 9.61. The number of pyridine rings is 1. The Labute approximate surface area is 172 Å². The van der Waals surface area contributed by atoms with Crippen LogP contribution in [0.3, 0.4) is 0 Å². The molecular weight excluding hydrogens is 395 g/mol. The number of aromatic nitrogens is 3. The van der Waals surface area contributed by atoms with Gasteiger partial charge in [-0.25, -0.2) is 4.98 Å². The topological polar surface area (TPSA) is 57.3 Å². The maximum Gasteiger partial charge on any atom is 0.417 e. The predicted molar refractivity (Wildman–Crippen MR) is 107 cm³/mol. The third-order valence-corrected chi connectivity index (χ3v) is 5.26. The van der Waals surface area contributed by atoms with Gasteiger partial charge in [0.25, 0.3) is 0 Å². The minimum atomic E-state index is -4.36. The number of anilines is 1. The van der Waals surface area contributed by atoms with Crippen molar-refractivity contribution in [3.8, 4) is 17.0 Å². The summed E-state index contributed by atoms with van der Waals surface area (Å²) >= 11 is 0. The summed E-state index contributed by atoms with van der Waals surface area (Å²) in [4.78, 5) is 8.31. The van der Waals surface area contributed by atoms with Gasteiger partial charge in [0.1, 0.15) is 11.6 Å². The van der Waals surface area contributed by atoms with Crippen molar-refractivity contribution >= 4 is 5.82 Å². The molecule has 0 radical (unpaired) electrons. The summed E-state index contributed by atoms with van der Waals surface area (Å²) in [5, 5.41) is 7.27. The van der Waals surface area contributed by atoms with E-state index in [4.69, 9.17) is 4.74 Å². The van der Waals surface area contributed by atoms with Gasteiger partial charge in [-0.2, -0.15) is 18.3 Å². The SMILES string of the molecule is COc1ccc(-c2[nH]ncc2CN2CCN(c3ccc(C(F)(F)F)cn3)CC2)cc1. The van der Waals surface area contributed by atoms with Crippen LogP contribution in [0.4, 0.5) is 19.0 Å². The van der Waals surface area contributed by atoms with Gasteiger partial charge in [-0.1, -0.05) is 0 Å². The Morgan fingerprint density at radius 2 is 1.73 bits per heavy atom. The molecule has 158 valence electrons. The number of piperazine rings is 1. The molecule has 0 bridgehead atoms. The average Bonchev–Trinajstić information content (AvgIpc) is 3.22. The first kappa shape index (κ1) is 20.2. The van der Waals surface area contributed by atoms with Gasteiger partial charge in [0.05, 0.1) is 24.6 Å². The number of benzene rings is 1. The number of methoxy groups -OCH3 is 1. The third kappa shape index (κ3) is 4.40. The van der Waals surface area contributed by atoms with E-state index in [2.05, 4.69) is 20.1 Å². The van der Waals surface area contributed by atoms with Crippen LogP contribution in [0.1, 0.15) is 11.1 Å². The number of nitrogens with zero attached hydrogens (tertiary/aromatic N) is 4. The molecule has 0 spiro atoms. The molecule has 0 amide bonds. The number of alkyl halides is 3. The van der Waals surface area contributed by atoms with Gasteiger partial charge in [-0.15, -0.1) is 0 Å². The molecule has 9 heteroatoms. The van der Waals surface area contributed by atoms with Gasteiger partial charge in [0.15, 0.2) is 0 Å². The Morgan fingerprint density at radius 3 is 2.33 bits per heavy atom. The fraction of sp³-hybridized carbons (Fsp3) is 0.333. The van der Waals surface area contributed by atoms with Crippen LogP contribution >= 0.6 is 0 Å². The lowest BCUT2D eigenvalue weighted by Gasteiger charge is -2.35. The predicted octanol–water partition coefficient (Wildman–Crippen LogP) is 3.82. The monoisotopic (exact) mass is 417 g/mol. The number of rotatable bonds is 5. The minimum Gasteiger partial charge on any atom is -0.497 e. The van der Waals surface area contributed by atoms with Gasteiger partial charge in [0.2, 0.25) is 0 Å². The van der Waals surface area contributed by atoms with Crippen molar-refractivity contribution in [2.45, 2.75) is 12.7 Å². The molecule has 1 fully saturated rings. The number of hydrogen-bond donors (Lipinski definition) is 1. The molecule has 1 aromatic carbocycles. The van der Waals surface area contributed by atoms with Crippen LogP contribution in [-0.2, 0) is 12.7 Å². The number of ether oxygens (including phenoxy) is 1. The highest BCUT2D eigenvalue weighted by molar-refractivity contribution is 5.63. The van der Waals surface area contributed by atoms with E-state index in [0.717, 1.165) is 54.5 Å². The lowest BCUT2D eigenvalue weighted by atomic mass is 10.1. The maximum absolute atomic E-state index is 12.7. The lowest BCUT2D eigenvalue weighted by molar-refractivity contribution is -0.137. The molecule has 1 aliphatic heterocycles. The van der Waals surface area contributed by atoms with E-state index in [1.54, 1.807) is 7.11 Å². The average molecular weight is 417 g/mol. The number of H-pyrrole nitrogens is 1. The van der Waals surface area contributed by atoms with Crippen molar-refractivity contribution in [1.82, 2.24) is 20.1 Å². The number of hydrogen-bond acceptors (Lipinski definition) is 5. The first-order valence-electron chi connectivity index (χ1n) is 9.61. The van der Waals surface area contributed by atoms with Crippen LogP contribution in [0.25, 0.3) is 11.3 Å². The summed E-state index contributed by atoms with van der Waals surface area (Å²) in [7, 11) is 1.64.